The van der Waals surface area contributed by atoms with Gasteiger partial charge in [0.15, 0.2) is 11.3 Å². The third-order valence-electron chi connectivity index (χ3n) is 6.12. The molecule has 7 rings (SSSR count). The number of fused-ring (bicyclic) bond motifs is 5. The highest BCUT2D eigenvalue weighted by molar-refractivity contribution is 5.95. The van der Waals surface area contributed by atoms with Crippen molar-refractivity contribution >= 4 is 50.1 Å². The molecule has 0 aliphatic rings. The molecule has 174 valence electrons. The lowest BCUT2D eigenvalue weighted by Gasteiger charge is -2.08. The number of anilines is 2. The molecule has 11 heteroatoms. The van der Waals surface area contributed by atoms with Gasteiger partial charge in [0, 0.05) is 41.6 Å². The summed E-state index contributed by atoms with van der Waals surface area (Å²) < 4.78 is 5.07. The summed E-state index contributed by atoms with van der Waals surface area (Å²) in [5.41, 5.74) is 3.09. The van der Waals surface area contributed by atoms with E-state index in [9.17, 15) is 4.79 Å². The second kappa shape index (κ2) is 7.67. The number of aromatic nitrogens is 9. The maximum atomic E-state index is 13.6. The first-order valence-corrected chi connectivity index (χ1v) is 11.4. The third-order valence-corrected chi connectivity index (χ3v) is 6.12. The first kappa shape index (κ1) is 20.2. The Morgan fingerprint density at radius 1 is 0.889 bits per heavy atom. The molecular weight excluding hydrogens is 456 g/mol. The average molecular weight is 474 g/mol. The standard InChI is InChI=1S/C25H18N10O/c1-2-33-19-9-8-16(12-15(19)13-29-33)30-24-28-14-18-21(32-24)31-22-17-6-3-4-7-20(17)34(35(22)23(18)36)25-26-10-5-11-27-25/h3-14H,2H2,1H3,(H,28,30,32). The lowest BCUT2D eigenvalue weighted by Crippen LogP contribution is -2.22. The van der Waals surface area contributed by atoms with Gasteiger partial charge in [-0.05, 0) is 43.3 Å². The molecule has 2 aromatic carbocycles. The van der Waals surface area contributed by atoms with Gasteiger partial charge in [-0.15, -0.1) is 0 Å². The fourth-order valence-corrected chi connectivity index (χ4v) is 4.49. The van der Waals surface area contributed by atoms with Crippen molar-refractivity contribution in [2.75, 3.05) is 5.32 Å². The predicted molar refractivity (Wildman–Crippen MR) is 136 cm³/mol. The lowest BCUT2D eigenvalue weighted by atomic mass is 10.2. The molecule has 0 unspecified atom stereocenters. The minimum absolute atomic E-state index is 0.290. The van der Waals surface area contributed by atoms with Crippen LogP contribution in [0.15, 0.2) is 78.1 Å². The van der Waals surface area contributed by atoms with Crippen LogP contribution in [0.3, 0.4) is 0 Å². The normalized spacial score (nSPS) is 11.7. The molecule has 5 heterocycles. The number of aryl methyl sites for hydroxylation is 1. The number of nitrogens with zero attached hydrogens (tertiary/aromatic N) is 9. The first-order valence-electron chi connectivity index (χ1n) is 11.4. The lowest BCUT2D eigenvalue weighted by molar-refractivity contribution is 0.684. The number of hydrogen-bond acceptors (Lipinski definition) is 8. The summed E-state index contributed by atoms with van der Waals surface area (Å²) in [6.45, 7) is 2.85. The summed E-state index contributed by atoms with van der Waals surface area (Å²) in [7, 11) is 0. The summed E-state index contributed by atoms with van der Waals surface area (Å²) in [5.74, 6) is 0.712. The van der Waals surface area contributed by atoms with Crippen molar-refractivity contribution < 1.29 is 0 Å². The molecular formula is C25H18N10O. The highest BCUT2D eigenvalue weighted by Crippen LogP contribution is 2.24. The smallest absolute Gasteiger partial charge is 0.284 e. The molecule has 0 atom stereocenters. The van der Waals surface area contributed by atoms with Gasteiger partial charge >= 0.3 is 0 Å². The Hall–Kier alpha value is -5.19. The quantitative estimate of drug-likeness (QED) is 0.412. The molecule has 0 aliphatic carbocycles. The van der Waals surface area contributed by atoms with E-state index in [1.807, 2.05) is 53.3 Å². The van der Waals surface area contributed by atoms with Gasteiger partial charge in [-0.1, -0.05) is 12.1 Å². The van der Waals surface area contributed by atoms with Gasteiger partial charge in [-0.2, -0.15) is 14.6 Å². The van der Waals surface area contributed by atoms with Crippen LogP contribution in [0, 0.1) is 0 Å². The van der Waals surface area contributed by atoms with Crippen molar-refractivity contribution in [2.45, 2.75) is 13.5 Å². The second-order valence-electron chi connectivity index (χ2n) is 8.22. The minimum Gasteiger partial charge on any atom is -0.324 e. The Morgan fingerprint density at radius 2 is 1.75 bits per heavy atom. The van der Waals surface area contributed by atoms with Crippen LogP contribution in [0.25, 0.3) is 44.4 Å². The van der Waals surface area contributed by atoms with E-state index < -0.39 is 0 Å². The molecule has 0 spiro atoms. The van der Waals surface area contributed by atoms with E-state index in [0.717, 1.165) is 34.0 Å². The molecule has 0 aliphatic heterocycles. The largest absolute Gasteiger partial charge is 0.324 e. The average Bonchev–Trinajstić information content (AvgIpc) is 3.48. The highest BCUT2D eigenvalue weighted by Gasteiger charge is 2.19. The molecule has 0 fully saturated rings. The summed E-state index contributed by atoms with van der Waals surface area (Å²) >= 11 is 0. The van der Waals surface area contributed by atoms with Crippen LogP contribution in [0.5, 0.6) is 0 Å². The van der Waals surface area contributed by atoms with E-state index in [2.05, 4.69) is 37.3 Å². The van der Waals surface area contributed by atoms with E-state index in [4.69, 9.17) is 4.98 Å². The minimum atomic E-state index is -0.307. The summed E-state index contributed by atoms with van der Waals surface area (Å²) in [6, 6.07) is 15.3. The van der Waals surface area contributed by atoms with Crippen LogP contribution in [0.2, 0.25) is 0 Å². The summed E-state index contributed by atoms with van der Waals surface area (Å²) in [4.78, 5) is 36.0. The van der Waals surface area contributed by atoms with Crippen molar-refractivity contribution in [3.63, 3.8) is 0 Å². The molecule has 0 saturated carbocycles. The Kier molecular flexibility index (Phi) is 4.30. The van der Waals surface area contributed by atoms with Crippen molar-refractivity contribution in [1.82, 2.24) is 43.9 Å². The topological polar surface area (TPSA) is 121 Å². The maximum absolute atomic E-state index is 13.6. The fraction of sp³-hybridized carbons (Fsp3) is 0.0800. The van der Waals surface area contributed by atoms with Crippen LogP contribution < -0.4 is 10.9 Å². The molecule has 11 nitrogen and oxygen atoms in total. The van der Waals surface area contributed by atoms with Gasteiger partial charge in [0.05, 0.1) is 17.2 Å². The van der Waals surface area contributed by atoms with E-state index in [0.29, 0.717) is 23.2 Å². The van der Waals surface area contributed by atoms with Gasteiger partial charge in [0.2, 0.25) is 11.9 Å². The fourth-order valence-electron chi connectivity index (χ4n) is 4.49. The summed E-state index contributed by atoms with van der Waals surface area (Å²) in [5, 5.41) is 9.70. The number of para-hydroxylation sites is 1. The molecule has 0 radical (unpaired) electrons. The van der Waals surface area contributed by atoms with E-state index in [1.54, 1.807) is 23.1 Å². The molecule has 0 saturated heterocycles. The molecule has 36 heavy (non-hydrogen) atoms. The number of rotatable bonds is 4. The zero-order valence-corrected chi connectivity index (χ0v) is 19.1. The van der Waals surface area contributed by atoms with Crippen molar-refractivity contribution in [3.05, 3.63) is 83.7 Å². The van der Waals surface area contributed by atoms with Crippen LogP contribution >= 0.6 is 0 Å². The molecule has 0 bridgehead atoms. The maximum Gasteiger partial charge on any atom is 0.284 e. The summed E-state index contributed by atoms with van der Waals surface area (Å²) in [6.07, 6.45) is 6.59. The van der Waals surface area contributed by atoms with Gasteiger partial charge in [0.1, 0.15) is 5.39 Å². The van der Waals surface area contributed by atoms with Crippen LogP contribution in [0.1, 0.15) is 6.92 Å². The van der Waals surface area contributed by atoms with Gasteiger partial charge in [-0.3, -0.25) is 9.48 Å². The van der Waals surface area contributed by atoms with E-state index >= 15 is 0 Å². The predicted octanol–water partition coefficient (Wildman–Crippen LogP) is 3.48. The second-order valence-corrected chi connectivity index (χ2v) is 8.22. The zero-order valence-electron chi connectivity index (χ0n) is 19.1. The Morgan fingerprint density at radius 3 is 2.61 bits per heavy atom. The van der Waals surface area contributed by atoms with Gasteiger partial charge < -0.3 is 5.32 Å². The zero-order chi connectivity index (χ0) is 24.2. The van der Waals surface area contributed by atoms with Gasteiger partial charge in [0.25, 0.3) is 5.56 Å². The van der Waals surface area contributed by atoms with E-state index in [-0.39, 0.29) is 10.9 Å². The monoisotopic (exact) mass is 474 g/mol. The Bertz CT molecular complexity index is 1990. The van der Waals surface area contributed by atoms with Crippen LogP contribution in [-0.2, 0) is 6.54 Å². The van der Waals surface area contributed by atoms with Crippen molar-refractivity contribution in [2.24, 2.45) is 0 Å². The van der Waals surface area contributed by atoms with Gasteiger partial charge in [-0.25, -0.2) is 24.6 Å². The van der Waals surface area contributed by atoms with Crippen LogP contribution in [0.4, 0.5) is 11.6 Å². The molecule has 7 aromatic rings. The highest BCUT2D eigenvalue weighted by atomic mass is 16.1. The first-order chi connectivity index (χ1) is 17.7. The number of hydrogen-bond donors (Lipinski definition) is 1. The SMILES string of the molecule is CCn1ncc2cc(Nc3ncc4c(=O)n5c(nc4n3)c3ccccc3n5-c3ncccn3)ccc21. The molecule has 0 amide bonds. The molecule has 1 N–H and O–H groups in total. The number of nitrogens with one attached hydrogen (secondary N) is 1. The van der Waals surface area contributed by atoms with Crippen molar-refractivity contribution in [1.29, 1.82) is 0 Å². The Balaban J connectivity index is 1.40. The number of benzene rings is 2. The molecule has 5 aromatic heterocycles. The van der Waals surface area contributed by atoms with Crippen LogP contribution in [-0.4, -0.2) is 43.9 Å². The van der Waals surface area contributed by atoms with Crippen molar-refractivity contribution in [3.8, 4) is 5.95 Å². The third kappa shape index (κ3) is 2.96. The van der Waals surface area contributed by atoms with E-state index in [1.165, 1.54) is 10.7 Å². The Labute approximate surface area is 202 Å².